The van der Waals surface area contributed by atoms with Gasteiger partial charge in [0.15, 0.2) is 0 Å². The number of rotatable bonds is 7. The van der Waals surface area contributed by atoms with Crippen LogP contribution in [0.25, 0.3) is 0 Å². The van der Waals surface area contributed by atoms with Crippen LogP contribution in [0.5, 0.6) is 0 Å². The number of hydrogen-bond acceptors (Lipinski definition) is 3. The summed E-state index contributed by atoms with van der Waals surface area (Å²) in [5, 5.41) is 6.89. The first kappa shape index (κ1) is 19.5. The van der Waals surface area contributed by atoms with Crippen LogP contribution in [0, 0.1) is 0 Å². The van der Waals surface area contributed by atoms with E-state index in [0.29, 0.717) is 6.54 Å². The Hall–Kier alpha value is -1.52. The van der Waals surface area contributed by atoms with Crippen molar-refractivity contribution in [1.29, 1.82) is 0 Å². The van der Waals surface area contributed by atoms with E-state index in [9.17, 15) is 4.79 Å². The number of nitrogens with one attached hydrogen (secondary N) is 2. The Kier molecular flexibility index (Phi) is 8.13. The monoisotopic (exact) mass is 338 g/mol. The van der Waals surface area contributed by atoms with E-state index in [4.69, 9.17) is 16.3 Å². The second kappa shape index (κ2) is 9.58. The lowest BCUT2D eigenvalue weighted by molar-refractivity contribution is 0.0534. The van der Waals surface area contributed by atoms with Crippen molar-refractivity contribution < 1.29 is 9.53 Å². The molecule has 128 valence electrons. The highest BCUT2D eigenvalue weighted by atomic mass is 35.5. The van der Waals surface area contributed by atoms with Gasteiger partial charge in [0, 0.05) is 24.2 Å². The standard InChI is InChI=1S/C18H27ClN2O2/c1-5-16(14-8-10-15(19)11-9-14)20-12-6-7-13-21-17(22)23-18(2,3)4/h6-11,16,20H,5,12-13H2,1-4H3,(H,21,22)/b7-6+. The van der Waals surface area contributed by atoms with Crippen LogP contribution in [0.1, 0.15) is 45.7 Å². The summed E-state index contributed by atoms with van der Waals surface area (Å²) in [4.78, 5) is 11.5. The smallest absolute Gasteiger partial charge is 0.407 e. The Bertz CT molecular complexity index is 507. The quantitative estimate of drug-likeness (QED) is 0.721. The van der Waals surface area contributed by atoms with Crippen molar-refractivity contribution in [2.45, 2.75) is 45.8 Å². The minimum Gasteiger partial charge on any atom is -0.444 e. The third kappa shape index (κ3) is 8.62. The summed E-state index contributed by atoms with van der Waals surface area (Å²) in [6, 6.07) is 8.17. The summed E-state index contributed by atoms with van der Waals surface area (Å²) in [5.74, 6) is 0. The van der Waals surface area contributed by atoms with Gasteiger partial charge in [-0.2, -0.15) is 0 Å². The van der Waals surface area contributed by atoms with E-state index < -0.39 is 11.7 Å². The lowest BCUT2D eigenvalue weighted by Crippen LogP contribution is -2.32. The third-order valence-corrected chi connectivity index (χ3v) is 3.34. The summed E-state index contributed by atoms with van der Waals surface area (Å²) in [5.41, 5.74) is 0.750. The number of benzene rings is 1. The average molecular weight is 339 g/mol. The molecule has 1 atom stereocenters. The van der Waals surface area contributed by atoms with Crippen molar-refractivity contribution in [1.82, 2.24) is 10.6 Å². The van der Waals surface area contributed by atoms with Crippen LogP contribution in [0.3, 0.4) is 0 Å². The molecule has 5 heteroatoms. The van der Waals surface area contributed by atoms with Crippen LogP contribution in [0.4, 0.5) is 4.79 Å². The maximum Gasteiger partial charge on any atom is 0.407 e. The van der Waals surface area contributed by atoms with Gasteiger partial charge < -0.3 is 15.4 Å². The zero-order valence-corrected chi connectivity index (χ0v) is 15.1. The van der Waals surface area contributed by atoms with Gasteiger partial charge in [-0.15, -0.1) is 0 Å². The van der Waals surface area contributed by atoms with Gasteiger partial charge in [-0.05, 0) is 44.9 Å². The average Bonchev–Trinajstić information content (AvgIpc) is 2.46. The number of alkyl carbamates (subject to hydrolysis) is 1. The van der Waals surface area contributed by atoms with Crippen molar-refractivity contribution in [3.63, 3.8) is 0 Å². The molecule has 0 heterocycles. The van der Waals surface area contributed by atoms with Gasteiger partial charge >= 0.3 is 6.09 Å². The SMILES string of the molecule is CCC(NC/C=C/CNC(=O)OC(C)(C)C)c1ccc(Cl)cc1. The van der Waals surface area contributed by atoms with Crippen molar-refractivity contribution in [2.24, 2.45) is 0 Å². The molecule has 0 radical (unpaired) electrons. The molecule has 1 amide bonds. The van der Waals surface area contributed by atoms with Crippen molar-refractivity contribution >= 4 is 17.7 Å². The minimum absolute atomic E-state index is 0.288. The molecule has 0 aliphatic rings. The summed E-state index contributed by atoms with van der Waals surface area (Å²) in [6.07, 6.45) is 4.50. The normalized spacial score (nSPS) is 13.1. The largest absolute Gasteiger partial charge is 0.444 e. The Morgan fingerprint density at radius 2 is 1.83 bits per heavy atom. The lowest BCUT2D eigenvalue weighted by Gasteiger charge is -2.19. The molecule has 23 heavy (non-hydrogen) atoms. The highest BCUT2D eigenvalue weighted by molar-refractivity contribution is 6.30. The molecule has 1 rings (SSSR count). The number of ether oxygens (including phenoxy) is 1. The molecule has 0 bridgehead atoms. The van der Waals surface area contributed by atoms with Gasteiger partial charge in [-0.3, -0.25) is 0 Å². The summed E-state index contributed by atoms with van der Waals surface area (Å²) >= 11 is 5.91. The maximum absolute atomic E-state index is 11.5. The van der Waals surface area contributed by atoms with Crippen LogP contribution in [-0.4, -0.2) is 24.8 Å². The van der Waals surface area contributed by atoms with Crippen LogP contribution < -0.4 is 10.6 Å². The van der Waals surface area contributed by atoms with E-state index in [1.54, 1.807) is 0 Å². The fraction of sp³-hybridized carbons (Fsp3) is 0.500. The second-order valence-electron chi connectivity index (χ2n) is 6.27. The summed E-state index contributed by atoms with van der Waals surface area (Å²) < 4.78 is 5.16. The topological polar surface area (TPSA) is 50.4 Å². The molecule has 1 aromatic carbocycles. The number of amides is 1. The van der Waals surface area contributed by atoms with Crippen molar-refractivity contribution in [2.75, 3.05) is 13.1 Å². The highest BCUT2D eigenvalue weighted by Gasteiger charge is 2.14. The molecule has 2 N–H and O–H groups in total. The summed E-state index contributed by atoms with van der Waals surface area (Å²) in [7, 11) is 0. The zero-order chi connectivity index (χ0) is 17.3. The van der Waals surface area contributed by atoms with Crippen molar-refractivity contribution in [3.8, 4) is 0 Å². The number of carbonyl (C=O) groups is 1. The fourth-order valence-electron chi connectivity index (χ4n) is 2.03. The zero-order valence-electron chi connectivity index (χ0n) is 14.4. The minimum atomic E-state index is -0.470. The lowest BCUT2D eigenvalue weighted by atomic mass is 10.0. The molecule has 0 fully saturated rings. The number of hydrogen-bond donors (Lipinski definition) is 2. The molecule has 0 aliphatic carbocycles. The van der Waals surface area contributed by atoms with Crippen LogP contribution >= 0.6 is 11.6 Å². The van der Waals surface area contributed by atoms with Gasteiger partial charge in [-0.1, -0.05) is 42.8 Å². The van der Waals surface area contributed by atoms with E-state index in [2.05, 4.69) is 17.6 Å². The molecular formula is C18H27ClN2O2. The molecular weight excluding hydrogens is 312 g/mol. The molecule has 1 unspecified atom stereocenters. The van der Waals surface area contributed by atoms with Gasteiger partial charge in [0.2, 0.25) is 0 Å². The first-order valence-electron chi connectivity index (χ1n) is 7.92. The van der Waals surface area contributed by atoms with E-state index in [1.807, 2.05) is 57.2 Å². The molecule has 0 saturated heterocycles. The Balaban J connectivity index is 2.29. The van der Waals surface area contributed by atoms with E-state index in [-0.39, 0.29) is 6.04 Å². The van der Waals surface area contributed by atoms with E-state index in [0.717, 1.165) is 18.0 Å². The van der Waals surface area contributed by atoms with E-state index in [1.165, 1.54) is 5.56 Å². The predicted molar refractivity (Wildman–Crippen MR) is 95.9 cm³/mol. The van der Waals surface area contributed by atoms with Gasteiger partial charge in [0.05, 0.1) is 0 Å². The molecule has 4 nitrogen and oxygen atoms in total. The van der Waals surface area contributed by atoms with Gasteiger partial charge in [0.1, 0.15) is 5.60 Å². The predicted octanol–water partition coefficient (Wildman–Crippen LogP) is 4.46. The Morgan fingerprint density at radius 1 is 1.22 bits per heavy atom. The van der Waals surface area contributed by atoms with Gasteiger partial charge in [-0.25, -0.2) is 4.79 Å². The second-order valence-corrected chi connectivity index (χ2v) is 6.71. The van der Waals surface area contributed by atoms with Crippen molar-refractivity contribution in [3.05, 3.63) is 47.0 Å². The third-order valence-electron chi connectivity index (χ3n) is 3.09. The molecule has 1 aromatic rings. The molecule has 0 spiro atoms. The molecule has 0 aliphatic heterocycles. The van der Waals surface area contributed by atoms with Gasteiger partial charge in [0.25, 0.3) is 0 Å². The summed E-state index contributed by atoms with van der Waals surface area (Å²) in [6.45, 7) is 8.85. The van der Waals surface area contributed by atoms with Crippen LogP contribution in [0.2, 0.25) is 5.02 Å². The highest BCUT2D eigenvalue weighted by Crippen LogP contribution is 2.18. The Labute approximate surface area is 144 Å². The number of carbonyl (C=O) groups excluding carboxylic acids is 1. The molecule has 0 saturated carbocycles. The fourth-order valence-corrected chi connectivity index (χ4v) is 2.15. The van der Waals surface area contributed by atoms with Crippen LogP contribution in [-0.2, 0) is 4.74 Å². The molecule has 0 aromatic heterocycles. The van der Waals surface area contributed by atoms with Crippen LogP contribution in [0.15, 0.2) is 36.4 Å². The number of halogens is 1. The maximum atomic E-state index is 11.5. The first-order valence-corrected chi connectivity index (χ1v) is 8.30. The van der Waals surface area contributed by atoms with E-state index >= 15 is 0 Å². The Morgan fingerprint density at radius 3 is 2.39 bits per heavy atom. The first-order chi connectivity index (χ1) is 10.8.